The van der Waals surface area contributed by atoms with Gasteiger partial charge in [-0.25, -0.2) is 4.68 Å². The van der Waals surface area contributed by atoms with Crippen LogP contribution in [-0.4, -0.2) is 43.2 Å². The van der Waals surface area contributed by atoms with Crippen LogP contribution in [-0.2, 0) is 0 Å². The molecule has 186 valence electrons. The first kappa shape index (κ1) is 22.9. The molecule has 7 heteroatoms. The van der Waals surface area contributed by atoms with Crippen LogP contribution in [0.3, 0.4) is 0 Å². The first-order chi connectivity index (χ1) is 17.1. The summed E-state index contributed by atoms with van der Waals surface area (Å²) in [5, 5.41) is 14.4. The van der Waals surface area contributed by atoms with Crippen molar-refractivity contribution in [1.82, 2.24) is 30.1 Å². The third-order valence-electron chi connectivity index (χ3n) is 8.98. The molecule has 7 nitrogen and oxygen atoms in total. The topological polar surface area (TPSA) is 79.7 Å². The van der Waals surface area contributed by atoms with E-state index < -0.39 is 0 Å². The molecule has 1 saturated heterocycles. The fourth-order valence-corrected chi connectivity index (χ4v) is 7.18. The molecule has 1 N–H and O–H groups in total. The van der Waals surface area contributed by atoms with Gasteiger partial charge in [-0.3, -0.25) is 9.69 Å². The predicted molar refractivity (Wildman–Crippen MR) is 137 cm³/mol. The molecule has 2 aliphatic carbocycles. The van der Waals surface area contributed by atoms with Gasteiger partial charge in [0.15, 0.2) is 5.82 Å². The van der Waals surface area contributed by atoms with Gasteiger partial charge in [-0.05, 0) is 90.9 Å². The number of nitrogens with zero attached hydrogens (tertiary/aromatic N) is 5. The number of hydrogen-bond acceptors (Lipinski definition) is 5. The lowest BCUT2D eigenvalue weighted by Gasteiger charge is -2.47. The summed E-state index contributed by atoms with van der Waals surface area (Å²) in [6.07, 6.45) is 15.0. The number of aryl methyl sites for hydroxylation is 1. The van der Waals surface area contributed by atoms with E-state index in [0.29, 0.717) is 11.5 Å². The number of fused-ring (bicyclic) bond motifs is 1. The molecule has 6 rings (SSSR count). The molecule has 3 aliphatic rings. The molecule has 0 radical (unpaired) electrons. The van der Waals surface area contributed by atoms with Crippen molar-refractivity contribution in [3.8, 4) is 0 Å². The molecule has 3 fully saturated rings. The van der Waals surface area contributed by atoms with E-state index in [9.17, 15) is 4.79 Å². The van der Waals surface area contributed by atoms with E-state index in [2.05, 4.69) is 61.3 Å². The number of aromatic nitrogens is 5. The maximum Gasteiger partial charge on any atom is 0.253 e. The standard InChI is InChI=1S/C28H38N6O/c1-20-11-12-21-18-23(27(35)29-24(21)17-20)25(26-30-31-32-34(26)22-9-4-2-5-10-22)33-16-8-15-28(19-33)13-6-3-7-14-28/h11-12,17-18,22,25H,2-10,13-16,19H2,1H3,(H,29,35)/t25-/m0/s1. The Balaban J connectivity index is 1.46. The molecule has 1 atom stereocenters. The van der Waals surface area contributed by atoms with E-state index in [-0.39, 0.29) is 11.6 Å². The van der Waals surface area contributed by atoms with E-state index in [1.54, 1.807) is 0 Å². The highest BCUT2D eigenvalue weighted by Gasteiger charge is 2.41. The Bertz CT molecular complexity index is 1230. The number of rotatable bonds is 4. The molecule has 3 aromatic rings. The lowest BCUT2D eigenvalue weighted by molar-refractivity contribution is 0.0332. The second-order valence-electron chi connectivity index (χ2n) is 11.5. The molecule has 0 unspecified atom stereocenters. The Morgan fingerprint density at radius 1 is 1.00 bits per heavy atom. The van der Waals surface area contributed by atoms with Gasteiger partial charge in [0.25, 0.3) is 5.56 Å². The van der Waals surface area contributed by atoms with Crippen LogP contribution in [0.4, 0.5) is 0 Å². The minimum absolute atomic E-state index is 0.0189. The summed E-state index contributed by atoms with van der Waals surface area (Å²) in [7, 11) is 0. The van der Waals surface area contributed by atoms with Crippen LogP contribution in [0, 0.1) is 12.3 Å². The highest BCUT2D eigenvalue weighted by Crippen LogP contribution is 2.46. The molecular formula is C28H38N6O. The second kappa shape index (κ2) is 9.49. The van der Waals surface area contributed by atoms with Crippen molar-refractivity contribution in [1.29, 1.82) is 0 Å². The van der Waals surface area contributed by atoms with Crippen LogP contribution >= 0.6 is 0 Å². The zero-order valence-corrected chi connectivity index (χ0v) is 21.0. The quantitative estimate of drug-likeness (QED) is 0.543. The van der Waals surface area contributed by atoms with Crippen LogP contribution < -0.4 is 5.56 Å². The van der Waals surface area contributed by atoms with Crippen LogP contribution in [0.1, 0.15) is 106 Å². The van der Waals surface area contributed by atoms with Crippen molar-refractivity contribution in [2.45, 2.75) is 96.1 Å². The Morgan fingerprint density at radius 2 is 1.77 bits per heavy atom. The molecule has 1 aromatic carbocycles. The molecule has 2 aromatic heterocycles. The minimum Gasteiger partial charge on any atom is -0.322 e. The number of pyridine rings is 1. The number of nitrogens with one attached hydrogen (secondary N) is 1. The lowest BCUT2D eigenvalue weighted by atomic mass is 9.69. The van der Waals surface area contributed by atoms with Crippen molar-refractivity contribution < 1.29 is 0 Å². The number of hydrogen-bond donors (Lipinski definition) is 1. The Labute approximate surface area is 207 Å². The van der Waals surface area contributed by atoms with Crippen molar-refractivity contribution in [2.75, 3.05) is 13.1 Å². The zero-order valence-electron chi connectivity index (χ0n) is 21.0. The normalized spacial score (nSPS) is 22.5. The van der Waals surface area contributed by atoms with Crippen molar-refractivity contribution in [3.05, 3.63) is 51.6 Å². The fourth-order valence-electron chi connectivity index (χ4n) is 7.18. The molecule has 2 saturated carbocycles. The average molecular weight is 475 g/mol. The van der Waals surface area contributed by atoms with Crippen molar-refractivity contribution in [2.24, 2.45) is 5.41 Å². The maximum absolute atomic E-state index is 13.6. The number of likely N-dealkylation sites (tertiary alicyclic amines) is 1. The van der Waals surface area contributed by atoms with E-state index >= 15 is 0 Å². The van der Waals surface area contributed by atoms with Crippen LogP contribution in [0.15, 0.2) is 29.1 Å². The smallest absolute Gasteiger partial charge is 0.253 e. The summed E-state index contributed by atoms with van der Waals surface area (Å²) >= 11 is 0. The number of piperidine rings is 1. The molecule has 0 bridgehead atoms. The summed E-state index contributed by atoms with van der Waals surface area (Å²) in [5.74, 6) is 0.849. The SMILES string of the molecule is Cc1ccc2cc([C@@H](c3nnnn3C3CCCCC3)N3CCCC4(CCCCC4)C3)c(=O)[nH]c2c1. The largest absolute Gasteiger partial charge is 0.322 e. The second-order valence-corrected chi connectivity index (χ2v) is 11.5. The highest BCUT2D eigenvalue weighted by atomic mass is 16.1. The van der Waals surface area contributed by atoms with E-state index in [1.807, 2.05) is 0 Å². The summed E-state index contributed by atoms with van der Waals surface area (Å²) < 4.78 is 2.07. The fraction of sp³-hybridized carbons (Fsp3) is 0.643. The number of tetrazole rings is 1. The van der Waals surface area contributed by atoms with Gasteiger partial charge in [0.1, 0.15) is 6.04 Å². The number of aromatic amines is 1. The van der Waals surface area contributed by atoms with Crippen LogP contribution in [0.25, 0.3) is 10.9 Å². The minimum atomic E-state index is -0.222. The van der Waals surface area contributed by atoms with Gasteiger partial charge < -0.3 is 4.98 Å². The molecule has 1 aliphatic heterocycles. The summed E-state index contributed by atoms with van der Waals surface area (Å²) in [6.45, 7) is 4.07. The summed E-state index contributed by atoms with van der Waals surface area (Å²) in [4.78, 5) is 19.4. The Kier molecular flexibility index (Phi) is 6.21. The third kappa shape index (κ3) is 4.44. The van der Waals surface area contributed by atoms with Gasteiger partial charge in [0, 0.05) is 17.6 Å². The van der Waals surface area contributed by atoms with Gasteiger partial charge in [-0.2, -0.15) is 0 Å². The lowest BCUT2D eigenvalue weighted by Crippen LogP contribution is -2.47. The van der Waals surface area contributed by atoms with Crippen molar-refractivity contribution in [3.63, 3.8) is 0 Å². The molecule has 0 amide bonds. The van der Waals surface area contributed by atoms with E-state index in [1.165, 1.54) is 64.2 Å². The molecular weight excluding hydrogens is 436 g/mol. The zero-order chi connectivity index (χ0) is 23.8. The third-order valence-corrected chi connectivity index (χ3v) is 8.98. The van der Waals surface area contributed by atoms with Gasteiger partial charge in [-0.1, -0.05) is 50.7 Å². The first-order valence-electron chi connectivity index (χ1n) is 13.8. The van der Waals surface area contributed by atoms with Crippen LogP contribution in [0.5, 0.6) is 0 Å². The first-order valence-corrected chi connectivity index (χ1v) is 13.8. The van der Waals surface area contributed by atoms with E-state index in [4.69, 9.17) is 0 Å². The number of benzene rings is 1. The van der Waals surface area contributed by atoms with Gasteiger partial charge in [0.2, 0.25) is 0 Å². The van der Waals surface area contributed by atoms with Gasteiger partial charge >= 0.3 is 0 Å². The monoisotopic (exact) mass is 474 g/mol. The molecule has 3 heterocycles. The molecule has 35 heavy (non-hydrogen) atoms. The Morgan fingerprint density at radius 3 is 2.60 bits per heavy atom. The highest BCUT2D eigenvalue weighted by molar-refractivity contribution is 5.79. The predicted octanol–water partition coefficient (Wildman–Crippen LogP) is 5.46. The summed E-state index contributed by atoms with van der Waals surface area (Å²) in [5.41, 5.74) is 3.18. The van der Waals surface area contributed by atoms with E-state index in [0.717, 1.165) is 53.8 Å². The van der Waals surface area contributed by atoms with Gasteiger partial charge in [0.05, 0.1) is 6.04 Å². The molecule has 1 spiro atoms. The van der Waals surface area contributed by atoms with Gasteiger partial charge in [-0.15, -0.1) is 5.10 Å². The Hall–Kier alpha value is -2.54. The van der Waals surface area contributed by atoms with Crippen molar-refractivity contribution >= 4 is 10.9 Å². The average Bonchev–Trinajstić information content (AvgIpc) is 3.35. The maximum atomic E-state index is 13.6. The van der Waals surface area contributed by atoms with Crippen LogP contribution in [0.2, 0.25) is 0 Å². The summed E-state index contributed by atoms with van der Waals surface area (Å²) in [6, 6.07) is 8.49. The number of H-pyrrole nitrogens is 1.